The second kappa shape index (κ2) is 8.44. The number of rotatable bonds is 6. The number of para-hydroxylation sites is 1. The second-order valence-corrected chi connectivity index (χ2v) is 5.68. The third-order valence-electron chi connectivity index (χ3n) is 3.44. The first-order valence-corrected chi connectivity index (χ1v) is 7.90. The number of nitrogens with one attached hydrogen (secondary N) is 2. The van der Waals surface area contributed by atoms with E-state index in [2.05, 4.69) is 10.6 Å². The van der Waals surface area contributed by atoms with E-state index in [0.717, 1.165) is 22.4 Å². The molecule has 5 heteroatoms. The third kappa shape index (κ3) is 5.18. The van der Waals surface area contributed by atoms with Crippen LogP contribution in [0, 0.1) is 13.8 Å². The maximum Gasteiger partial charge on any atom is 0.315 e. The van der Waals surface area contributed by atoms with Crippen LogP contribution < -0.4 is 15.4 Å². The van der Waals surface area contributed by atoms with E-state index in [1.54, 1.807) is 6.07 Å². The minimum atomic E-state index is -0.241. The van der Waals surface area contributed by atoms with Gasteiger partial charge in [-0.3, -0.25) is 0 Å². The largest absolute Gasteiger partial charge is 0.491 e. The van der Waals surface area contributed by atoms with Crippen LogP contribution in [-0.2, 0) is 6.54 Å². The predicted octanol–water partition coefficient (Wildman–Crippen LogP) is 3.84. The van der Waals surface area contributed by atoms with Crippen LogP contribution >= 0.6 is 11.6 Å². The number of aryl methyl sites for hydroxylation is 2. The van der Waals surface area contributed by atoms with E-state index in [0.29, 0.717) is 24.7 Å². The molecule has 0 aliphatic carbocycles. The van der Waals surface area contributed by atoms with Crippen LogP contribution in [0.4, 0.5) is 4.79 Å². The number of hydrogen-bond acceptors (Lipinski definition) is 2. The number of carbonyl (C=O) groups is 1. The van der Waals surface area contributed by atoms with Gasteiger partial charge in [0.1, 0.15) is 12.4 Å². The lowest BCUT2D eigenvalue weighted by molar-refractivity contribution is 0.236. The van der Waals surface area contributed by atoms with Crippen molar-refractivity contribution in [3.8, 4) is 5.75 Å². The summed E-state index contributed by atoms with van der Waals surface area (Å²) in [5, 5.41) is 6.18. The molecule has 2 N–H and O–H groups in total. The molecule has 2 aromatic carbocycles. The minimum absolute atomic E-state index is 0.241. The number of ether oxygens (including phenoxy) is 1. The Labute approximate surface area is 141 Å². The SMILES string of the molecule is Cc1cccc(C)c1OCCNC(=O)NCc1ccccc1Cl. The van der Waals surface area contributed by atoms with Gasteiger partial charge >= 0.3 is 6.03 Å². The quantitative estimate of drug-likeness (QED) is 0.790. The summed E-state index contributed by atoms with van der Waals surface area (Å²) in [7, 11) is 0. The van der Waals surface area contributed by atoms with Crippen LogP contribution in [0.25, 0.3) is 0 Å². The van der Waals surface area contributed by atoms with Crippen molar-refractivity contribution in [2.45, 2.75) is 20.4 Å². The average Bonchev–Trinajstić information content (AvgIpc) is 2.53. The smallest absolute Gasteiger partial charge is 0.315 e. The highest BCUT2D eigenvalue weighted by Gasteiger charge is 2.05. The van der Waals surface area contributed by atoms with Crippen molar-refractivity contribution in [2.24, 2.45) is 0 Å². The van der Waals surface area contributed by atoms with E-state index in [4.69, 9.17) is 16.3 Å². The van der Waals surface area contributed by atoms with Gasteiger partial charge in [-0.2, -0.15) is 0 Å². The summed E-state index contributed by atoms with van der Waals surface area (Å²) >= 11 is 6.04. The molecule has 0 saturated heterocycles. The molecular formula is C18H21ClN2O2. The van der Waals surface area contributed by atoms with Crippen molar-refractivity contribution in [1.82, 2.24) is 10.6 Å². The summed E-state index contributed by atoms with van der Waals surface area (Å²) < 4.78 is 5.74. The first-order valence-electron chi connectivity index (χ1n) is 7.52. The van der Waals surface area contributed by atoms with Gasteiger partial charge in [0.05, 0.1) is 6.54 Å². The molecule has 0 saturated carbocycles. The number of carbonyl (C=O) groups excluding carboxylic acids is 1. The van der Waals surface area contributed by atoms with Crippen LogP contribution in [0.3, 0.4) is 0 Å². The standard InChI is InChI=1S/C18H21ClN2O2/c1-13-6-5-7-14(2)17(13)23-11-10-20-18(22)21-12-15-8-3-4-9-16(15)19/h3-9H,10-12H2,1-2H3,(H2,20,21,22). The van der Waals surface area contributed by atoms with Gasteiger partial charge in [0, 0.05) is 11.6 Å². The van der Waals surface area contributed by atoms with Crippen LogP contribution in [-0.4, -0.2) is 19.2 Å². The van der Waals surface area contributed by atoms with Crippen LogP contribution in [0.5, 0.6) is 5.75 Å². The molecule has 122 valence electrons. The van der Waals surface area contributed by atoms with Gasteiger partial charge in [0.25, 0.3) is 0 Å². The molecule has 0 aliphatic rings. The van der Waals surface area contributed by atoms with Crippen molar-refractivity contribution < 1.29 is 9.53 Å². The van der Waals surface area contributed by atoms with Crippen molar-refractivity contribution in [2.75, 3.05) is 13.2 Å². The fourth-order valence-corrected chi connectivity index (χ4v) is 2.43. The lowest BCUT2D eigenvalue weighted by Crippen LogP contribution is -2.37. The molecule has 2 amide bonds. The fraction of sp³-hybridized carbons (Fsp3) is 0.278. The highest BCUT2D eigenvalue weighted by molar-refractivity contribution is 6.31. The number of halogens is 1. The predicted molar refractivity (Wildman–Crippen MR) is 93.1 cm³/mol. The molecule has 0 spiro atoms. The van der Waals surface area contributed by atoms with Crippen molar-refractivity contribution in [3.05, 3.63) is 64.2 Å². The molecule has 2 rings (SSSR count). The molecule has 0 radical (unpaired) electrons. The molecule has 0 atom stereocenters. The molecular weight excluding hydrogens is 312 g/mol. The average molecular weight is 333 g/mol. The van der Waals surface area contributed by atoms with Gasteiger partial charge in [-0.1, -0.05) is 48.0 Å². The topological polar surface area (TPSA) is 50.4 Å². The van der Waals surface area contributed by atoms with Gasteiger partial charge in [-0.15, -0.1) is 0 Å². The van der Waals surface area contributed by atoms with E-state index >= 15 is 0 Å². The highest BCUT2D eigenvalue weighted by atomic mass is 35.5. The molecule has 23 heavy (non-hydrogen) atoms. The van der Waals surface area contributed by atoms with Crippen LogP contribution in [0.1, 0.15) is 16.7 Å². The first kappa shape index (κ1) is 17.2. The van der Waals surface area contributed by atoms with Crippen molar-refractivity contribution in [1.29, 1.82) is 0 Å². The number of benzene rings is 2. The molecule has 0 unspecified atom stereocenters. The Morgan fingerprint density at radius 1 is 1.04 bits per heavy atom. The molecule has 0 fully saturated rings. The van der Waals surface area contributed by atoms with Gasteiger partial charge in [-0.25, -0.2) is 4.79 Å². The lowest BCUT2D eigenvalue weighted by Gasteiger charge is -2.13. The maximum atomic E-state index is 11.8. The molecule has 0 heterocycles. The Morgan fingerprint density at radius 3 is 2.43 bits per heavy atom. The Hall–Kier alpha value is -2.20. The molecule has 4 nitrogen and oxygen atoms in total. The fourth-order valence-electron chi connectivity index (χ4n) is 2.22. The monoisotopic (exact) mass is 332 g/mol. The first-order chi connectivity index (χ1) is 11.1. The Kier molecular flexibility index (Phi) is 6.29. The van der Waals surface area contributed by atoms with Gasteiger partial charge in [0.2, 0.25) is 0 Å². The zero-order chi connectivity index (χ0) is 16.7. The molecule has 0 aliphatic heterocycles. The number of urea groups is 1. The molecule has 2 aromatic rings. The van der Waals surface area contributed by atoms with E-state index in [1.807, 2.05) is 50.2 Å². The summed E-state index contributed by atoms with van der Waals surface area (Å²) in [6.45, 7) is 5.26. The lowest BCUT2D eigenvalue weighted by atomic mass is 10.1. The number of amides is 2. The number of hydrogen-bond donors (Lipinski definition) is 2. The minimum Gasteiger partial charge on any atom is -0.491 e. The maximum absolute atomic E-state index is 11.8. The van der Waals surface area contributed by atoms with E-state index in [1.165, 1.54) is 0 Å². The Morgan fingerprint density at radius 2 is 1.74 bits per heavy atom. The second-order valence-electron chi connectivity index (χ2n) is 5.27. The van der Waals surface area contributed by atoms with E-state index < -0.39 is 0 Å². The third-order valence-corrected chi connectivity index (χ3v) is 3.81. The molecule has 0 bridgehead atoms. The molecule has 0 aromatic heterocycles. The summed E-state index contributed by atoms with van der Waals surface area (Å²) in [6, 6.07) is 13.2. The van der Waals surface area contributed by atoms with E-state index in [9.17, 15) is 4.79 Å². The van der Waals surface area contributed by atoms with Gasteiger partial charge < -0.3 is 15.4 Å². The summed E-state index contributed by atoms with van der Waals surface area (Å²) in [5.41, 5.74) is 3.07. The Balaban J connectivity index is 1.70. The normalized spacial score (nSPS) is 10.2. The van der Waals surface area contributed by atoms with Crippen molar-refractivity contribution in [3.63, 3.8) is 0 Å². The van der Waals surface area contributed by atoms with Crippen LogP contribution in [0.15, 0.2) is 42.5 Å². The zero-order valence-electron chi connectivity index (χ0n) is 13.4. The summed E-state index contributed by atoms with van der Waals surface area (Å²) in [6.07, 6.45) is 0. The van der Waals surface area contributed by atoms with Crippen LogP contribution in [0.2, 0.25) is 5.02 Å². The highest BCUT2D eigenvalue weighted by Crippen LogP contribution is 2.21. The van der Waals surface area contributed by atoms with Gasteiger partial charge in [-0.05, 0) is 36.6 Å². The van der Waals surface area contributed by atoms with Crippen molar-refractivity contribution >= 4 is 17.6 Å². The zero-order valence-corrected chi connectivity index (χ0v) is 14.1. The summed E-state index contributed by atoms with van der Waals surface area (Å²) in [4.78, 5) is 11.8. The summed E-state index contributed by atoms with van der Waals surface area (Å²) in [5.74, 6) is 0.880. The van der Waals surface area contributed by atoms with E-state index in [-0.39, 0.29) is 6.03 Å². The Bertz CT molecular complexity index is 654. The van der Waals surface area contributed by atoms with Gasteiger partial charge in [0.15, 0.2) is 0 Å².